The van der Waals surface area contributed by atoms with Crippen molar-refractivity contribution in [2.75, 3.05) is 0 Å². The van der Waals surface area contributed by atoms with E-state index in [0.717, 1.165) is 0 Å². The van der Waals surface area contributed by atoms with E-state index in [2.05, 4.69) is 10.1 Å². The molecule has 1 heterocycles. The lowest BCUT2D eigenvalue weighted by molar-refractivity contribution is -0.150. The molecule has 100 valence electrons. The minimum Gasteiger partial charge on any atom is -0.479 e. The monoisotopic (exact) mass is 282 g/mol. The molecule has 0 aliphatic carbocycles. The van der Waals surface area contributed by atoms with Crippen LogP contribution in [0.5, 0.6) is 0 Å². The van der Waals surface area contributed by atoms with Crippen LogP contribution in [0.15, 0.2) is 28.8 Å². The van der Waals surface area contributed by atoms with E-state index in [1.165, 1.54) is 6.92 Å². The zero-order valence-electron chi connectivity index (χ0n) is 10.0. The predicted molar refractivity (Wildman–Crippen MR) is 66.6 cm³/mol. The van der Waals surface area contributed by atoms with Gasteiger partial charge in [0.1, 0.15) is 6.61 Å². The van der Waals surface area contributed by atoms with Gasteiger partial charge in [-0.2, -0.15) is 4.98 Å². The fraction of sp³-hybridized carbons (Fsp3) is 0.250. The number of halogens is 1. The molecular weight excluding hydrogens is 272 g/mol. The summed E-state index contributed by atoms with van der Waals surface area (Å²) in [6.45, 7) is 1.37. The number of ether oxygens (including phenoxy) is 1. The molecule has 2 rings (SSSR count). The van der Waals surface area contributed by atoms with E-state index in [-0.39, 0.29) is 12.5 Å². The van der Waals surface area contributed by atoms with E-state index < -0.39 is 12.1 Å². The third kappa shape index (κ3) is 3.52. The topological polar surface area (TPSA) is 85.5 Å². The number of aromatic nitrogens is 2. The Morgan fingerprint density at radius 1 is 1.58 bits per heavy atom. The molecule has 0 spiro atoms. The summed E-state index contributed by atoms with van der Waals surface area (Å²) in [4.78, 5) is 14.7. The Hall–Kier alpha value is -1.92. The van der Waals surface area contributed by atoms with E-state index in [4.69, 9.17) is 26.0 Å². The summed E-state index contributed by atoms with van der Waals surface area (Å²) in [5.74, 6) is -0.457. The summed E-state index contributed by atoms with van der Waals surface area (Å²) in [5, 5.41) is 13.0. The molecule has 1 N–H and O–H groups in total. The molecule has 7 heteroatoms. The van der Waals surface area contributed by atoms with Gasteiger partial charge in [0.05, 0.1) is 0 Å². The van der Waals surface area contributed by atoms with Gasteiger partial charge in [-0.15, -0.1) is 0 Å². The molecule has 0 fully saturated rings. The van der Waals surface area contributed by atoms with Gasteiger partial charge in [0.25, 0.3) is 5.89 Å². The van der Waals surface area contributed by atoms with Gasteiger partial charge in [-0.05, 0) is 19.1 Å². The minimum atomic E-state index is -1.05. The number of rotatable bonds is 5. The standard InChI is InChI=1S/C12H11ClN2O4/c1-7(12(16)17)18-6-10-14-11(15-19-10)8-3-2-4-9(13)5-8/h2-5,7H,6H2,1H3,(H,16,17)/t7-/m1/s1. The Kier molecular flexibility index (Phi) is 4.13. The summed E-state index contributed by atoms with van der Waals surface area (Å²) in [5.41, 5.74) is 0.716. The SMILES string of the molecule is C[C@@H](OCc1nc(-c2cccc(Cl)c2)no1)C(=O)O. The number of hydrogen-bond donors (Lipinski definition) is 1. The predicted octanol–water partition coefficient (Wildman–Crippen LogP) is 2.38. The molecular formula is C12H11ClN2O4. The Labute approximate surface area is 114 Å². The van der Waals surface area contributed by atoms with Gasteiger partial charge in [0.2, 0.25) is 5.82 Å². The fourth-order valence-electron chi connectivity index (χ4n) is 1.33. The molecule has 0 radical (unpaired) electrons. The second-order valence-electron chi connectivity index (χ2n) is 3.81. The number of hydrogen-bond acceptors (Lipinski definition) is 5. The molecule has 0 aliphatic heterocycles. The summed E-state index contributed by atoms with van der Waals surface area (Å²) >= 11 is 5.86. The smallest absolute Gasteiger partial charge is 0.332 e. The van der Waals surface area contributed by atoms with Gasteiger partial charge in [0.15, 0.2) is 6.10 Å². The maximum absolute atomic E-state index is 10.6. The lowest BCUT2D eigenvalue weighted by atomic mass is 10.2. The molecule has 0 saturated heterocycles. The largest absolute Gasteiger partial charge is 0.479 e. The van der Waals surface area contributed by atoms with Gasteiger partial charge in [-0.1, -0.05) is 28.9 Å². The highest BCUT2D eigenvalue weighted by Crippen LogP contribution is 2.20. The normalized spacial score (nSPS) is 12.3. The lowest BCUT2D eigenvalue weighted by Crippen LogP contribution is -2.19. The molecule has 6 nitrogen and oxygen atoms in total. The van der Waals surface area contributed by atoms with Crippen molar-refractivity contribution >= 4 is 17.6 Å². The Balaban J connectivity index is 2.05. The number of carboxylic acid groups (broad SMARTS) is 1. The summed E-state index contributed by atoms with van der Waals surface area (Å²) in [7, 11) is 0. The molecule has 1 atom stereocenters. The maximum Gasteiger partial charge on any atom is 0.332 e. The molecule has 0 saturated carbocycles. The average Bonchev–Trinajstić information content (AvgIpc) is 2.84. The quantitative estimate of drug-likeness (QED) is 0.906. The van der Waals surface area contributed by atoms with Crippen molar-refractivity contribution in [3.63, 3.8) is 0 Å². The molecule has 0 unspecified atom stereocenters. The van der Waals surface area contributed by atoms with E-state index in [9.17, 15) is 4.79 Å². The Morgan fingerprint density at radius 3 is 3.05 bits per heavy atom. The van der Waals surface area contributed by atoms with Crippen LogP contribution >= 0.6 is 11.6 Å². The van der Waals surface area contributed by atoms with E-state index in [1.807, 2.05) is 0 Å². The molecule has 0 aliphatic rings. The molecule has 19 heavy (non-hydrogen) atoms. The van der Waals surface area contributed by atoms with Crippen LogP contribution in [0.4, 0.5) is 0 Å². The van der Waals surface area contributed by atoms with E-state index >= 15 is 0 Å². The Bertz CT molecular complexity index is 585. The molecule has 1 aromatic heterocycles. The number of nitrogens with zero attached hydrogens (tertiary/aromatic N) is 2. The van der Waals surface area contributed by atoms with Crippen LogP contribution in [0, 0.1) is 0 Å². The van der Waals surface area contributed by atoms with Crippen LogP contribution in [0.3, 0.4) is 0 Å². The zero-order valence-corrected chi connectivity index (χ0v) is 10.8. The second kappa shape index (κ2) is 5.81. The summed E-state index contributed by atoms with van der Waals surface area (Å²) in [6.07, 6.45) is -0.929. The number of carbonyl (C=O) groups is 1. The van der Waals surface area contributed by atoms with Gasteiger partial charge in [-0.3, -0.25) is 0 Å². The van der Waals surface area contributed by atoms with Gasteiger partial charge in [0, 0.05) is 10.6 Å². The van der Waals surface area contributed by atoms with Crippen molar-refractivity contribution in [1.29, 1.82) is 0 Å². The third-order valence-corrected chi connectivity index (χ3v) is 2.59. The van der Waals surface area contributed by atoms with Crippen LogP contribution in [-0.4, -0.2) is 27.3 Å². The highest BCUT2D eigenvalue weighted by molar-refractivity contribution is 6.30. The van der Waals surface area contributed by atoms with Crippen LogP contribution in [0.2, 0.25) is 5.02 Å². The number of aliphatic carboxylic acids is 1. The van der Waals surface area contributed by atoms with Crippen LogP contribution < -0.4 is 0 Å². The van der Waals surface area contributed by atoms with Crippen LogP contribution in [0.25, 0.3) is 11.4 Å². The number of benzene rings is 1. The minimum absolute atomic E-state index is 0.0545. The highest BCUT2D eigenvalue weighted by Gasteiger charge is 2.14. The first-order chi connectivity index (χ1) is 9.06. The van der Waals surface area contributed by atoms with E-state index in [0.29, 0.717) is 16.4 Å². The lowest BCUT2D eigenvalue weighted by Gasteiger charge is -2.04. The number of carboxylic acids is 1. The highest BCUT2D eigenvalue weighted by atomic mass is 35.5. The Morgan fingerprint density at radius 2 is 2.37 bits per heavy atom. The van der Waals surface area contributed by atoms with Gasteiger partial charge >= 0.3 is 5.97 Å². The first-order valence-electron chi connectivity index (χ1n) is 5.49. The fourth-order valence-corrected chi connectivity index (χ4v) is 1.52. The molecule has 1 aromatic carbocycles. The second-order valence-corrected chi connectivity index (χ2v) is 4.25. The van der Waals surface area contributed by atoms with Crippen molar-refractivity contribution in [2.24, 2.45) is 0 Å². The van der Waals surface area contributed by atoms with Crippen molar-refractivity contribution in [3.05, 3.63) is 35.2 Å². The first-order valence-corrected chi connectivity index (χ1v) is 5.87. The third-order valence-electron chi connectivity index (χ3n) is 2.36. The zero-order chi connectivity index (χ0) is 13.8. The van der Waals surface area contributed by atoms with Crippen LogP contribution in [0.1, 0.15) is 12.8 Å². The average molecular weight is 283 g/mol. The van der Waals surface area contributed by atoms with Crippen molar-refractivity contribution in [2.45, 2.75) is 19.6 Å². The first kappa shape index (κ1) is 13.5. The maximum atomic E-state index is 10.6. The van der Waals surface area contributed by atoms with Crippen LogP contribution in [-0.2, 0) is 16.1 Å². The summed E-state index contributed by atoms with van der Waals surface area (Å²) < 4.78 is 10.0. The van der Waals surface area contributed by atoms with Gasteiger partial charge < -0.3 is 14.4 Å². The molecule has 0 amide bonds. The summed E-state index contributed by atoms with van der Waals surface area (Å²) in [6, 6.07) is 7.01. The van der Waals surface area contributed by atoms with E-state index in [1.54, 1.807) is 24.3 Å². The van der Waals surface area contributed by atoms with Crippen molar-refractivity contribution in [3.8, 4) is 11.4 Å². The van der Waals surface area contributed by atoms with Crippen molar-refractivity contribution < 1.29 is 19.2 Å². The van der Waals surface area contributed by atoms with Crippen molar-refractivity contribution in [1.82, 2.24) is 10.1 Å². The molecule has 2 aromatic rings. The van der Waals surface area contributed by atoms with Gasteiger partial charge in [-0.25, -0.2) is 4.79 Å². The molecule has 0 bridgehead atoms.